The first-order chi connectivity index (χ1) is 17.7. The van der Waals surface area contributed by atoms with Gasteiger partial charge in [0, 0.05) is 24.6 Å². The van der Waals surface area contributed by atoms with E-state index >= 15 is 0 Å². The molecule has 0 aliphatic carbocycles. The van der Waals surface area contributed by atoms with E-state index in [4.69, 9.17) is 28.0 Å². The molecule has 2 saturated heterocycles. The highest BCUT2D eigenvalue weighted by Crippen LogP contribution is 2.64. The highest BCUT2D eigenvalue weighted by Gasteiger charge is 2.60. The fraction of sp³-hybridized carbons (Fsp3) is 0.542. The van der Waals surface area contributed by atoms with E-state index in [2.05, 4.69) is 4.98 Å². The molecular weight excluding hydrogens is 507 g/mol. The Bertz CT molecular complexity index is 1250. The van der Waals surface area contributed by atoms with Crippen molar-refractivity contribution in [2.24, 2.45) is 0 Å². The molecule has 2 aliphatic heterocycles. The average Bonchev–Trinajstić information content (AvgIpc) is 3.30. The minimum Gasteiger partial charge on any atom is -0.462 e. The van der Waals surface area contributed by atoms with E-state index in [-0.39, 0.29) is 39.3 Å². The van der Waals surface area contributed by atoms with Gasteiger partial charge in [0.15, 0.2) is 0 Å². The van der Waals surface area contributed by atoms with Crippen molar-refractivity contribution in [3.8, 4) is 0 Å². The minimum atomic E-state index is -4.03. The molecule has 2 aromatic rings. The summed E-state index contributed by atoms with van der Waals surface area (Å²) in [5.74, 6) is -0.552. The topological polar surface area (TPSA) is 144 Å². The molecule has 4 atom stereocenters. The van der Waals surface area contributed by atoms with E-state index in [1.807, 2.05) is 0 Å². The molecule has 0 saturated carbocycles. The second-order valence-electron chi connectivity index (χ2n) is 8.61. The molecule has 37 heavy (non-hydrogen) atoms. The van der Waals surface area contributed by atoms with Gasteiger partial charge in [0.1, 0.15) is 12.3 Å². The van der Waals surface area contributed by atoms with E-state index in [0.717, 1.165) is 0 Å². The van der Waals surface area contributed by atoms with Crippen molar-refractivity contribution in [2.75, 3.05) is 26.4 Å². The van der Waals surface area contributed by atoms with E-state index < -0.39 is 48.8 Å². The molecule has 0 amide bonds. The van der Waals surface area contributed by atoms with Crippen LogP contribution in [0.1, 0.15) is 48.8 Å². The van der Waals surface area contributed by atoms with E-state index in [1.54, 1.807) is 51.1 Å². The number of aromatic nitrogens is 2. The summed E-state index contributed by atoms with van der Waals surface area (Å²) >= 11 is 0. The molecule has 0 spiro atoms. The zero-order valence-electron chi connectivity index (χ0n) is 20.9. The van der Waals surface area contributed by atoms with Crippen LogP contribution >= 0.6 is 7.60 Å². The number of nitrogens with one attached hydrogen (secondary N) is 1. The second-order valence-corrected chi connectivity index (χ2v) is 10.8. The fourth-order valence-corrected chi connectivity index (χ4v) is 6.35. The predicted molar refractivity (Wildman–Crippen MR) is 130 cm³/mol. The van der Waals surface area contributed by atoms with Crippen molar-refractivity contribution in [2.45, 2.75) is 57.6 Å². The van der Waals surface area contributed by atoms with Crippen molar-refractivity contribution < 1.29 is 37.4 Å². The number of esters is 1. The molecule has 202 valence electrons. The summed E-state index contributed by atoms with van der Waals surface area (Å²) in [5.41, 5.74) is -2.24. The first-order valence-electron chi connectivity index (χ1n) is 12.1. The van der Waals surface area contributed by atoms with Crippen LogP contribution in [0.4, 0.5) is 0 Å². The summed E-state index contributed by atoms with van der Waals surface area (Å²) in [6.07, 6.45) is -0.465. The van der Waals surface area contributed by atoms with Gasteiger partial charge in [0.05, 0.1) is 38.1 Å². The number of hydrogen-bond donors (Lipinski definition) is 1. The largest absolute Gasteiger partial charge is 0.462 e. The van der Waals surface area contributed by atoms with Crippen LogP contribution in [0.2, 0.25) is 0 Å². The Hall–Kier alpha value is -2.60. The molecule has 4 rings (SSSR count). The van der Waals surface area contributed by atoms with Crippen LogP contribution in [0.25, 0.3) is 0 Å². The Morgan fingerprint density at radius 1 is 1.16 bits per heavy atom. The lowest BCUT2D eigenvalue weighted by atomic mass is 10.1. The van der Waals surface area contributed by atoms with Gasteiger partial charge in [-0.2, -0.15) is 0 Å². The summed E-state index contributed by atoms with van der Waals surface area (Å²) in [6.45, 7) is 4.83. The van der Waals surface area contributed by atoms with E-state index in [0.29, 0.717) is 11.1 Å². The number of fused-ring (bicyclic) bond motifs is 1. The summed E-state index contributed by atoms with van der Waals surface area (Å²) in [4.78, 5) is 38.9. The maximum absolute atomic E-state index is 13.9. The molecule has 12 nitrogen and oxygen atoms in total. The first kappa shape index (κ1) is 27.4. The number of carbonyl (C=O) groups is 1. The number of H-pyrrole nitrogens is 1. The van der Waals surface area contributed by atoms with Crippen molar-refractivity contribution >= 4 is 13.6 Å². The van der Waals surface area contributed by atoms with Gasteiger partial charge in [-0.25, -0.2) is 9.59 Å². The lowest BCUT2D eigenvalue weighted by Gasteiger charge is -2.44. The third-order valence-corrected chi connectivity index (χ3v) is 8.61. The molecule has 1 aromatic carbocycles. The fourth-order valence-electron chi connectivity index (χ4n) is 4.34. The average molecular weight is 538 g/mol. The van der Waals surface area contributed by atoms with Crippen LogP contribution < -0.4 is 11.2 Å². The van der Waals surface area contributed by atoms with Crippen molar-refractivity contribution in [1.82, 2.24) is 9.55 Å². The van der Waals surface area contributed by atoms with Gasteiger partial charge in [-0.05, 0) is 32.9 Å². The molecule has 2 aliphatic rings. The van der Waals surface area contributed by atoms with Crippen LogP contribution in [-0.4, -0.2) is 59.7 Å². The molecular formula is C24H31N2O10P. The van der Waals surface area contributed by atoms with Crippen molar-refractivity contribution in [1.29, 1.82) is 0 Å². The van der Waals surface area contributed by atoms with Crippen molar-refractivity contribution in [3.05, 3.63) is 68.5 Å². The number of aromatic amines is 1. The zero-order valence-corrected chi connectivity index (χ0v) is 21.8. The normalized spacial score (nSPS) is 25.5. The summed E-state index contributed by atoms with van der Waals surface area (Å²) in [7, 11) is -4.03. The molecule has 2 fully saturated rings. The van der Waals surface area contributed by atoms with E-state index in [9.17, 15) is 18.9 Å². The Morgan fingerprint density at radius 3 is 2.54 bits per heavy atom. The van der Waals surface area contributed by atoms with Crippen LogP contribution in [-0.2, 0) is 32.6 Å². The highest BCUT2D eigenvalue weighted by atomic mass is 31.2. The smallest absolute Gasteiger partial charge is 0.389 e. The number of aryl methyl sites for hydroxylation is 1. The van der Waals surface area contributed by atoms with Gasteiger partial charge >= 0.3 is 19.3 Å². The Labute approximate surface area is 213 Å². The number of carbonyl (C=O) groups excluding carboxylic acids is 1. The summed E-state index contributed by atoms with van der Waals surface area (Å²) in [6, 6.07) is 8.47. The van der Waals surface area contributed by atoms with Crippen LogP contribution in [0, 0.1) is 6.92 Å². The third kappa shape index (κ3) is 5.64. The summed E-state index contributed by atoms with van der Waals surface area (Å²) in [5, 5.41) is 0. The van der Waals surface area contributed by atoms with Crippen molar-refractivity contribution in [3.63, 3.8) is 0 Å². The maximum atomic E-state index is 13.9. The van der Waals surface area contributed by atoms with Gasteiger partial charge in [-0.1, -0.05) is 18.2 Å². The van der Waals surface area contributed by atoms with Gasteiger partial charge in [-0.15, -0.1) is 0 Å². The third-order valence-electron chi connectivity index (χ3n) is 6.12. The lowest BCUT2D eigenvalue weighted by molar-refractivity contribution is -0.280. The van der Waals surface area contributed by atoms with Crippen LogP contribution in [0.5, 0.6) is 0 Å². The standard InChI is InChI=1S/C24H31N2O10P/c1-4-33-37(30,34-5-2)24(11-12-31-22(28)17-9-7-6-8-10-17)32-15-19-18(36-24)13-20(35-19)26-14-16(3)21(27)25-23(26)29/h6-10,14,18-20H,4-5,11-13,15H2,1-3H3,(H,25,27,29)/t18-,19+,20+,24-/m0/s1. The first-order valence-corrected chi connectivity index (χ1v) is 13.7. The zero-order chi connectivity index (χ0) is 26.6. The monoisotopic (exact) mass is 538 g/mol. The van der Waals surface area contributed by atoms with Crippen LogP contribution in [0.3, 0.4) is 0 Å². The predicted octanol–water partition coefficient (Wildman–Crippen LogP) is 2.71. The molecule has 0 unspecified atom stereocenters. The van der Waals surface area contributed by atoms with Gasteiger partial charge in [-0.3, -0.25) is 18.9 Å². The SMILES string of the molecule is CCOP(=O)(OCC)[C@@]1(CCOC(=O)c2ccccc2)OC[C@H]2O[C@@H](n3cc(C)c(=O)[nH]c3=O)C[C@@H]2O1. The van der Waals surface area contributed by atoms with Gasteiger partial charge in [0.2, 0.25) is 0 Å². The number of ether oxygens (including phenoxy) is 4. The van der Waals surface area contributed by atoms with Gasteiger partial charge in [0.25, 0.3) is 11.1 Å². The molecule has 3 heterocycles. The maximum Gasteiger partial charge on any atom is 0.389 e. The molecule has 1 aromatic heterocycles. The minimum absolute atomic E-state index is 0.0327. The number of rotatable bonds is 10. The van der Waals surface area contributed by atoms with Gasteiger partial charge < -0.3 is 28.0 Å². The van der Waals surface area contributed by atoms with E-state index in [1.165, 1.54) is 10.8 Å². The number of benzene rings is 1. The summed E-state index contributed by atoms with van der Waals surface area (Å²) < 4.78 is 50.0. The quantitative estimate of drug-likeness (QED) is 0.354. The molecule has 13 heteroatoms. The number of hydrogen-bond acceptors (Lipinski definition) is 10. The Balaban J connectivity index is 1.55. The Kier molecular flexibility index (Phi) is 8.47. The number of nitrogens with zero attached hydrogens (tertiary/aromatic N) is 1. The molecule has 0 bridgehead atoms. The highest BCUT2D eigenvalue weighted by molar-refractivity contribution is 7.55. The Morgan fingerprint density at radius 2 is 1.86 bits per heavy atom. The van der Waals surface area contributed by atoms with Crippen LogP contribution in [0.15, 0.2) is 46.1 Å². The second kappa shape index (κ2) is 11.4. The lowest BCUT2D eigenvalue weighted by Crippen LogP contribution is -2.51. The molecule has 0 radical (unpaired) electrons. The molecule has 1 N–H and O–H groups in total.